The lowest BCUT2D eigenvalue weighted by Gasteiger charge is -2.26. The third-order valence-corrected chi connectivity index (χ3v) is 2.85. The molecule has 2 rings (SSSR count). The monoisotopic (exact) mass is 196 g/mol. The van der Waals surface area contributed by atoms with Gasteiger partial charge < -0.3 is 9.84 Å². The van der Waals surface area contributed by atoms with E-state index in [9.17, 15) is 9.50 Å². The van der Waals surface area contributed by atoms with Crippen molar-refractivity contribution in [2.24, 2.45) is 0 Å². The number of hydrogen-bond acceptors (Lipinski definition) is 2. The molecule has 0 bridgehead atoms. The zero-order valence-corrected chi connectivity index (χ0v) is 8.03. The fraction of sp³-hybridized carbons (Fsp3) is 0.455. The van der Waals surface area contributed by atoms with E-state index in [1.165, 1.54) is 12.1 Å². The lowest BCUT2D eigenvalue weighted by atomic mass is 9.88. The number of ether oxygens (including phenoxy) is 1. The molecule has 1 heterocycles. The molecule has 0 saturated carbocycles. The standard InChI is InChI=1S/C11H13FO2/c1-8-11(13,5-6-14-8)9-3-2-4-10(12)7-9/h2-4,7-8,13H,5-6H2,1H3. The highest BCUT2D eigenvalue weighted by atomic mass is 19.1. The molecule has 1 aliphatic heterocycles. The summed E-state index contributed by atoms with van der Waals surface area (Å²) in [5.41, 5.74) is -0.426. The van der Waals surface area contributed by atoms with Crippen molar-refractivity contribution < 1.29 is 14.2 Å². The van der Waals surface area contributed by atoms with Crippen LogP contribution in [0.4, 0.5) is 4.39 Å². The first-order valence-electron chi connectivity index (χ1n) is 4.73. The molecule has 1 aliphatic rings. The maximum atomic E-state index is 13.0. The van der Waals surface area contributed by atoms with E-state index in [-0.39, 0.29) is 11.9 Å². The molecule has 2 atom stereocenters. The molecule has 1 aromatic rings. The summed E-state index contributed by atoms with van der Waals surface area (Å²) in [6, 6.07) is 6.07. The lowest BCUT2D eigenvalue weighted by molar-refractivity contribution is -0.0318. The van der Waals surface area contributed by atoms with Gasteiger partial charge in [0.1, 0.15) is 11.4 Å². The van der Waals surface area contributed by atoms with Crippen molar-refractivity contribution in [2.45, 2.75) is 25.0 Å². The van der Waals surface area contributed by atoms with Crippen LogP contribution in [0.2, 0.25) is 0 Å². The van der Waals surface area contributed by atoms with Gasteiger partial charge in [-0.1, -0.05) is 12.1 Å². The van der Waals surface area contributed by atoms with Crippen LogP contribution in [-0.2, 0) is 10.3 Å². The van der Waals surface area contributed by atoms with E-state index in [0.29, 0.717) is 18.6 Å². The Hall–Kier alpha value is -0.930. The van der Waals surface area contributed by atoms with Gasteiger partial charge in [0, 0.05) is 6.42 Å². The quantitative estimate of drug-likeness (QED) is 0.742. The van der Waals surface area contributed by atoms with Gasteiger partial charge in [0.05, 0.1) is 12.7 Å². The van der Waals surface area contributed by atoms with Crippen molar-refractivity contribution >= 4 is 0 Å². The molecule has 0 aliphatic carbocycles. The molecule has 2 nitrogen and oxygen atoms in total. The van der Waals surface area contributed by atoms with Gasteiger partial charge in [0.15, 0.2) is 0 Å². The summed E-state index contributed by atoms with van der Waals surface area (Å²) in [6.07, 6.45) is 0.252. The second-order valence-electron chi connectivity index (χ2n) is 3.70. The Labute approximate surface area is 82.3 Å². The number of halogens is 1. The van der Waals surface area contributed by atoms with Crippen LogP contribution < -0.4 is 0 Å². The number of aliphatic hydroxyl groups is 1. The van der Waals surface area contributed by atoms with Crippen LogP contribution in [0.3, 0.4) is 0 Å². The first-order chi connectivity index (χ1) is 6.63. The van der Waals surface area contributed by atoms with Crippen LogP contribution in [-0.4, -0.2) is 17.8 Å². The van der Waals surface area contributed by atoms with Crippen LogP contribution in [0, 0.1) is 5.82 Å². The highest BCUT2D eigenvalue weighted by molar-refractivity contribution is 5.25. The summed E-state index contributed by atoms with van der Waals surface area (Å²) < 4.78 is 18.3. The normalized spacial score (nSPS) is 32.1. The van der Waals surface area contributed by atoms with E-state index in [1.54, 1.807) is 19.1 Å². The summed E-state index contributed by atoms with van der Waals surface area (Å²) >= 11 is 0. The molecular formula is C11H13FO2. The fourth-order valence-electron chi connectivity index (χ4n) is 1.87. The average molecular weight is 196 g/mol. The predicted molar refractivity (Wildman–Crippen MR) is 50.3 cm³/mol. The van der Waals surface area contributed by atoms with Crippen molar-refractivity contribution in [3.05, 3.63) is 35.6 Å². The summed E-state index contributed by atoms with van der Waals surface area (Å²) in [7, 11) is 0. The Bertz CT molecular complexity index is 340. The third kappa shape index (κ3) is 1.42. The van der Waals surface area contributed by atoms with E-state index in [2.05, 4.69) is 0 Å². The minimum Gasteiger partial charge on any atom is -0.382 e. The minimum atomic E-state index is -1.03. The van der Waals surface area contributed by atoms with Crippen molar-refractivity contribution in [3.8, 4) is 0 Å². The molecule has 0 radical (unpaired) electrons. The molecule has 2 unspecified atom stereocenters. The average Bonchev–Trinajstić information content (AvgIpc) is 2.49. The topological polar surface area (TPSA) is 29.5 Å². The summed E-state index contributed by atoms with van der Waals surface area (Å²) in [5.74, 6) is -0.324. The maximum Gasteiger partial charge on any atom is 0.123 e. The Kier molecular flexibility index (Phi) is 2.29. The molecule has 14 heavy (non-hydrogen) atoms. The van der Waals surface area contributed by atoms with Crippen LogP contribution in [0.25, 0.3) is 0 Å². The highest BCUT2D eigenvalue weighted by Gasteiger charge is 2.41. The largest absolute Gasteiger partial charge is 0.382 e. The van der Waals surface area contributed by atoms with Crippen molar-refractivity contribution in [2.75, 3.05) is 6.61 Å². The van der Waals surface area contributed by atoms with E-state index < -0.39 is 5.60 Å². The van der Waals surface area contributed by atoms with Gasteiger partial charge >= 0.3 is 0 Å². The Morgan fingerprint density at radius 3 is 2.93 bits per heavy atom. The molecule has 1 aromatic carbocycles. The summed E-state index contributed by atoms with van der Waals surface area (Å²) in [4.78, 5) is 0. The molecule has 76 valence electrons. The summed E-state index contributed by atoms with van der Waals surface area (Å²) in [6.45, 7) is 2.33. The maximum absolute atomic E-state index is 13.0. The fourth-order valence-corrected chi connectivity index (χ4v) is 1.87. The van der Waals surface area contributed by atoms with Gasteiger partial charge in [-0.25, -0.2) is 4.39 Å². The molecule has 1 saturated heterocycles. The second kappa shape index (κ2) is 3.33. The molecular weight excluding hydrogens is 183 g/mol. The number of rotatable bonds is 1. The first-order valence-corrected chi connectivity index (χ1v) is 4.73. The van der Waals surface area contributed by atoms with Gasteiger partial charge in [-0.3, -0.25) is 0 Å². The van der Waals surface area contributed by atoms with Gasteiger partial charge in [-0.15, -0.1) is 0 Å². The first kappa shape index (κ1) is 9.62. The van der Waals surface area contributed by atoms with Crippen molar-refractivity contribution in [1.29, 1.82) is 0 Å². The third-order valence-electron chi connectivity index (χ3n) is 2.85. The summed E-state index contributed by atoms with van der Waals surface area (Å²) in [5, 5.41) is 10.3. The minimum absolute atomic E-state index is 0.274. The molecule has 1 fully saturated rings. The van der Waals surface area contributed by atoms with E-state index in [1.807, 2.05) is 0 Å². The van der Waals surface area contributed by atoms with Crippen LogP contribution in [0.5, 0.6) is 0 Å². The second-order valence-corrected chi connectivity index (χ2v) is 3.70. The van der Waals surface area contributed by atoms with E-state index in [4.69, 9.17) is 4.74 Å². The van der Waals surface area contributed by atoms with Crippen LogP contribution in [0.15, 0.2) is 24.3 Å². The molecule has 0 aromatic heterocycles. The van der Waals surface area contributed by atoms with Gasteiger partial charge in [0.25, 0.3) is 0 Å². The molecule has 0 amide bonds. The van der Waals surface area contributed by atoms with E-state index in [0.717, 1.165) is 0 Å². The molecule has 0 spiro atoms. The smallest absolute Gasteiger partial charge is 0.123 e. The zero-order valence-electron chi connectivity index (χ0n) is 8.03. The predicted octanol–water partition coefficient (Wildman–Crippen LogP) is 1.82. The molecule has 1 N–H and O–H groups in total. The van der Waals surface area contributed by atoms with Crippen LogP contribution in [0.1, 0.15) is 18.9 Å². The van der Waals surface area contributed by atoms with Gasteiger partial charge in [0.2, 0.25) is 0 Å². The van der Waals surface area contributed by atoms with Crippen LogP contribution >= 0.6 is 0 Å². The Morgan fingerprint density at radius 2 is 2.36 bits per heavy atom. The van der Waals surface area contributed by atoms with Crippen molar-refractivity contribution in [1.82, 2.24) is 0 Å². The number of hydrogen-bond donors (Lipinski definition) is 1. The lowest BCUT2D eigenvalue weighted by Crippen LogP contribution is -2.33. The highest BCUT2D eigenvalue weighted by Crippen LogP contribution is 2.35. The number of benzene rings is 1. The Morgan fingerprint density at radius 1 is 1.57 bits per heavy atom. The van der Waals surface area contributed by atoms with Crippen molar-refractivity contribution in [3.63, 3.8) is 0 Å². The van der Waals surface area contributed by atoms with Gasteiger partial charge in [-0.05, 0) is 24.6 Å². The van der Waals surface area contributed by atoms with Gasteiger partial charge in [-0.2, -0.15) is 0 Å². The molecule has 3 heteroatoms. The Balaban J connectivity index is 2.38. The van der Waals surface area contributed by atoms with E-state index >= 15 is 0 Å². The zero-order chi connectivity index (χ0) is 10.2. The SMILES string of the molecule is CC1OCCC1(O)c1cccc(F)c1.